The highest BCUT2D eigenvalue weighted by Gasteiger charge is 2.42. The number of rotatable bonds is 13. The topological polar surface area (TPSA) is 157 Å². The largest absolute Gasteiger partial charge is 0.453 e. The maximum absolute atomic E-state index is 13.5. The molecule has 2 aromatic rings. The summed E-state index contributed by atoms with van der Waals surface area (Å²) >= 11 is 0. The van der Waals surface area contributed by atoms with Gasteiger partial charge in [-0.05, 0) is 70.0 Å². The monoisotopic (exact) mass is 689 g/mol. The van der Waals surface area contributed by atoms with Gasteiger partial charge in [0.05, 0.1) is 25.3 Å². The van der Waals surface area contributed by atoms with Crippen LogP contribution in [0.1, 0.15) is 62.4 Å². The van der Waals surface area contributed by atoms with E-state index in [1.54, 1.807) is 10.6 Å². The maximum Gasteiger partial charge on any atom is 0.409 e. The van der Waals surface area contributed by atoms with Gasteiger partial charge in [0, 0.05) is 70.5 Å². The van der Waals surface area contributed by atoms with E-state index in [2.05, 4.69) is 19.8 Å². The molecule has 0 spiro atoms. The molecule has 2 bridgehead atoms. The Labute approximate surface area is 283 Å². The highest BCUT2D eigenvalue weighted by Crippen LogP contribution is 2.36. The first kappa shape index (κ1) is 36.2. The number of fused-ring (bicyclic) bond motifs is 3. The van der Waals surface area contributed by atoms with Gasteiger partial charge >= 0.3 is 6.09 Å². The van der Waals surface area contributed by atoms with Crippen LogP contribution in [0.5, 0.6) is 0 Å². The van der Waals surface area contributed by atoms with Gasteiger partial charge in [0.2, 0.25) is 0 Å². The number of aromatic nitrogens is 1. The highest BCUT2D eigenvalue weighted by atomic mass is 32.2. The molecule has 1 aromatic heterocycles. The second kappa shape index (κ2) is 15.2. The molecule has 0 saturated carbocycles. The van der Waals surface area contributed by atoms with Crippen molar-refractivity contribution in [3.05, 3.63) is 46.2 Å². The van der Waals surface area contributed by atoms with E-state index < -0.39 is 22.4 Å². The average molecular weight is 690 g/mol. The lowest BCUT2D eigenvalue weighted by Crippen LogP contribution is -2.54. The number of hydrogen-bond donors (Lipinski definition) is 3. The number of carbonyl (C=O) groups is 2. The van der Waals surface area contributed by atoms with E-state index in [9.17, 15) is 27.9 Å². The Morgan fingerprint density at radius 2 is 1.77 bits per heavy atom. The first-order valence-corrected chi connectivity index (χ1v) is 18.3. The number of piperidine rings is 1. The molecule has 3 N–H and O–H groups in total. The number of nitrogens with zero attached hydrogens (tertiary/aromatic N) is 5. The molecule has 3 saturated heterocycles. The van der Waals surface area contributed by atoms with Crippen molar-refractivity contribution in [3.8, 4) is 0 Å². The first-order chi connectivity index (χ1) is 22.8. The number of ether oxygens (including phenoxy) is 1. The Kier molecular flexibility index (Phi) is 11.5. The lowest BCUT2D eigenvalue weighted by atomic mass is 9.96. The van der Waals surface area contributed by atoms with Crippen LogP contribution in [-0.2, 0) is 14.9 Å². The van der Waals surface area contributed by atoms with Gasteiger partial charge in [-0.25, -0.2) is 4.79 Å². The van der Waals surface area contributed by atoms with E-state index in [0.29, 0.717) is 39.1 Å². The summed E-state index contributed by atoms with van der Waals surface area (Å²) in [5.41, 5.74) is 0.660. The van der Waals surface area contributed by atoms with E-state index in [1.807, 2.05) is 38.1 Å². The number of pyridine rings is 1. The Morgan fingerprint density at radius 1 is 1.08 bits per heavy atom. The molecule has 3 aliphatic rings. The smallest absolute Gasteiger partial charge is 0.409 e. The van der Waals surface area contributed by atoms with E-state index in [-0.39, 0.29) is 53.8 Å². The normalized spacial score (nSPS) is 24.0. The number of hydrogen-bond acceptors (Lipinski definition) is 9. The van der Waals surface area contributed by atoms with Crippen molar-refractivity contribution in [2.75, 3.05) is 60.5 Å². The zero-order valence-corrected chi connectivity index (χ0v) is 29.5. The van der Waals surface area contributed by atoms with Crippen molar-refractivity contribution in [1.82, 2.24) is 33.6 Å². The second-order valence-electron chi connectivity index (χ2n) is 13.9. The molecule has 3 fully saturated rings. The van der Waals surface area contributed by atoms with Crippen LogP contribution in [0.2, 0.25) is 0 Å². The van der Waals surface area contributed by atoms with Crippen molar-refractivity contribution in [1.29, 1.82) is 0 Å². The van der Waals surface area contributed by atoms with Gasteiger partial charge in [-0.3, -0.25) is 19.4 Å². The lowest BCUT2D eigenvalue weighted by molar-refractivity contribution is 0.0302. The van der Waals surface area contributed by atoms with Gasteiger partial charge in [0.15, 0.2) is 0 Å². The Balaban J connectivity index is 1.14. The number of para-hydroxylation sites is 1. The van der Waals surface area contributed by atoms with Gasteiger partial charge in [-0.1, -0.05) is 18.2 Å². The number of amides is 2. The fourth-order valence-corrected chi connectivity index (χ4v) is 8.39. The molecule has 2 amide bonds. The average Bonchev–Trinajstić information content (AvgIpc) is 3.56. The van der Waals surface area contributed by atoms with Crippen LogP contribution >= 0.6 is 0 Å². The number of carbonyl (C=O) groups excluding carboxylic acids is 2. The second-order valence-corrected chi connectivity index (χ2v) is 15.8. The fraction of sp³-hybridized carbons (Fsp3) is 0.667. The van der Waals surface area contributed by atoms with Gasteiger partial charge in [-0.2, -0.15) is 17.4 Å². The lowest BCUT2D eigenvalue weighted by Gasteiger charge is -2.40. The van der Waals surface area contributed by atoms with Gasteiger partial charge in [-0.15, -0.1) is 0 Å². The summed E-state index contributed by atoms with van der Waals surface area (Å²) in [7, 11) is 0.765. The van der Waals surface area contributed by atoms with Crippen molar-refractivity contribution >= 4 is 33.1 Å². The number of benzene rings is 1. The minimum atomic E-state index is -3.52. The van der Waals surface area contributed by atoms with Crippen LogP contribution < -0.4 is 15.6 Å². The Bertz CT molecular complexity index is 1620. The number of aliphatic hydroxyl groups excluding tert-OH is 1. The molecule has 3 aliphatic heterocycles. The SMILES string of the molecule is COC(=O)N(CCN1CC[C@@H](NS(=O)(=O)N(C)C)C1)CC(O)CN1[C@H]2CC[C@H]1CC(NC(=O)c1cc3ccccc3n(C(C)C)c1=O)C2. The van der Waals surface area contributed by atoms with Crippen molar-refractivity contribution < 1.29 is 27.9 Å². The molecular formula is C33H51N7O7S. The van der Waals surface area contributed by atoms with E-state index in [1.165, 1.54) is 26.1 Å². The quantitative estimate of drug-likeness (QED) is 0.281. The number of nitrogens with one attached hydrogen (secondary N) is 2. The van der Waals surface area contributed by atoms with E-state index >= 15 is 0 Å². The maximum atomic E-state index is 13.5. The predicted octanol–water partition coefficient (Wildman–Crippen LogP) is 1.21. The predicted molar refractivity (Wildman–Crippen MR) is 183 cm³/mol. The third-order valence-electron chi connectivity index (χ3n) is 9.97. The third kappa shape index (κ3) is 8.20. The van der Waals surface area contributed by atoms with Crippen LogP contribution in [-0.4, -0.2) is 140 Å². The summed E-state index contributed by atoms with van der Waals surface area (Å²) in [6.45, 7) is 6.47. The minimum Gasteiger partial charge on any atom is -0.453 e. The minimum absolute atomic E-state index is 0.0835. The third-order valence-corrected chi connectivity index (χ3v) is 11.6. The summed E-state index contributed by atoms with van der Waals surface area (Å²) in [5.74, 6) is -0.355. The molecule has 15 heteroatoms. The number of likely N-dealkylation sites (tertiary alicyclic amines) is 1. The van der Waals surface area contributed by atoms with Crippen molar-refractivity contribution in [2.24, 2.45) is 0 Å². The fourth-order valence-electron chi connectivity index (χ4n) is 7.57. The molecule has 4 heterocycles. The first-order valence-electron chi connectivity index (χ1n) is 16.9. The van der Waals surface area contributed by atoms with E-state index in [0.717, 1.165) is 40.9 Å². The molecule has 1 aromatic carbocycles. The van der Waals surface area contributed by atoms with E-state index in [4.69, 9.17) is 4.74 Å². The van der Waals surface area contributed by atoms with Crippen LogP contribution in [0, 0.1) is 0 Å². The summed E-state index contributed by atoms with van der Waals surface area (Å²) in [4.78, 5) is 45.4. The number of methoxy groups -OCH3 is 1. The molecular weight excluding hydrogens is 638 g/mol. The summed E-state index contributed by atoms with van der Waals surface area (Å²) in [6.07, 6.45) is 2.69. The van der Waals surface area contributed by atoms with Crippen molar-refractivity contribution in [3.63, 3.8) is 0 Å². The van der Waals surface area contributed by atoms with Gasteiger partial charge in [0.25, 0.3) is 21.7 Å². The zero-order chi connectivity index (χ0) is 34.7. The number of aliphatic hydroxyl groups is 1. The molecule has 14 nitrogen and oxygen atoms in total. The summed E-state index contributed by atoms with van der Waals surface area (Å²) in [6, 6.07) is 9.25. The van der Waals surface area contributed by atoms with Crippen LogP contribution in [0.4, 0.5) is 4.79 Å². The standard InChI is InChI=1S/C33H51N7O7S/c1-22(2)40-30-9-7-6-8-23(30)16-29(32(40)43)31(42)34-25-17-26-10-11-27(18-25)39(26)21-28(41)20-38(33(44)47-5)15-14-37-13-12-24(19-37)35-48(45,46)36(3)4/h6-9,16,22,24-28,35,41H,10-15,17-21H2,1-5H3,(H,34,42)/t24-,26+,27+,28?/m1/s1. The molecule has 1 unspecified atom stereocenters. The highest BCUT2D eigenvalue weighted by molar-refractivity contribution is 7.87. The zero-order valence-electron chi connectivity index (χ0n) is 28.7. The van der Waals surface area contributed by atoms with Gasteiger partial charge in [0.1, 0.15) is 5.56 Å². The Morgan fingerprint density at radius 3 is 2.42 bits per heavy atom. The Hall–Kier alpha value is -3.08. The van der Waals surface area contributed by atoms with Crippen LogP contribution in [0.15, 0.2) is 35.1 Å². The molecule has 0 aliphatic carbocycles. The van der Waals surface area contributed by atoms with Crippen LogP contribution in [0.25, 0.3) is 10.9 Å². The summed E-state index contributed by atoms with van der Waals surface area (Å²) < 4.78 is 34.9. The van der Waals surface area contributed by atoms with Crippen LogP contribution in [0.3, 0.4) is 0 Å². The van der Waals surface area contributed by atoms with Gasteiger partial charge < -0.3 is 24.6 Å². The summed E-state index contributed by atoms with van der Waals surface area (Å²) in [5, 5.41) is 15.1. The molecule has 5 rings (SSSR count). The molecule has 0 radical (unpaired) electrons. The van der Waals surface area contributed by atoms with Crippen molar-refractivity contribution in [2.45, 2.75) is 82.3 Å². The molecule has 4 atom stereocenters. The molecule has 266 valence electrons. The molecule has 48 heavy (non-hydrogen) atoms.